The Hall–Kier alpha value is -1.65. The van der Waals surface area contributed by atoms with E-state index < -0.39 is 17.5 Å². The number of carbonyl (C=O) groups is 1. The molecule has 0 aromatic heterocycles. The molecule has 0 aliphatic carbocycles. The lowest BCUT2D eigenvalue weighted by Crippen LogP contribution is -2.18. The molecule has 0 fully saturated rings. The Labute approximate surface area is 112 Å². The van der Waals surface area contributed by atoms with Crippen LogP contribution in [0.15, 0.2) is 12.1 Å². The largest absolute Gasteiger partial charge is 0.380 e. The summed E-state index contributed by atoms with van der Waals surface area (Å²) >= 11 is 0. The molecule has 0 saturated carbocycles. The second-order valence-corrected chi connectivity index (χ2v) is 4.72. The van der Waals surface area contributed by atoms with Gasteiger partial charge in [-0.15, -0.1) is 0 Å². The molecule has 1 atom stereocenters. The maximum atomic E-state index is 13.6. The molecule has 1 unspecified atom stereocenters. The number of nitrogens with two attached hydrogens (primary N) is 1. The topological polar surface area (TPSA) is 55.1 Å². The SMILES string of the molecule is CCCCCC(C)Nc1cc(C(N)=O)c(F)cc1F. The van der Waals surface area contributed by atoms with Gasteiger partial charge < -0.3 is 11.1 Å². The number of hydrogen-bond acceptors (Lipinski definition) is 2. The van der Waals surface area contributed by atoms with Crippen molar-refractivity contribution >= 4 is 11.6 Å². The van der Waals surface area contributed by atoms with E-state index >= 15 is 0 Å². The molecule has 0 bridgehead atoms. The van der Waals surface area contributed by atoms with E-state index in [1.807, 2.05) is 6.92 Å². The molecule has 1 rings (SSSR count). The molecule has 0 spiro atoms. The quantitative estimate of drug-likeness (QED) is 0.746. The highest BCUT2D eigenvalue weighted by atomic mass is 19.1. The van der Waals surface area contributed by atoms with E-state index in [-0.39, 0.29) is 17.3 Å². The number of carbonyl (C=O) groups excluding carboxylic acids is 1. The first-order valence-electron chi connectivity index (χ1n) is 6.51. The van der Waals surface area contributed by atoms with E-state index in [1.165, 1.54) is 0 Å². The molecule has 19 heavy (non-hydrogen) atoms. The summed E-state index contributed by atoms with van der Waals surface area (Å²) in [4.78, 5) is 11.0. The molecule has 0 saturated heterocycles. The number of anilines is 1. The van der Waals surface area contributed by atoms with Crippen LogP contribution < -0.4 is 11.1 Å². The second-order valence-electron chi connectivity index (χ2n) is 4.72. The normalized spacial score (nSPS) is 12.2. The van der Waals surface area contributed by atoms with Crippen LogP contribution in [0.1, 0.15) is 49.9 Å². The van der Waals surface area contributed by atoms with Crippen LogP contribution in [-0.4, -0.2) is 11.9 Å². The van der Waals surface area contributed by atoms with Gasteiger partial charge in [0.05, 0.1) is 11.3 Å². The molecule has 1 aromatic rings. The predicted molar refractivity (Wildman–Crippen MR) is 72.1 cm³/mol. The first-order valence-corrected chi connectivity index (χ1v) is 6.51. The van der Waals surface area contributed by atoms with Crippen molar-refractivity contribution in [3.63, 3.8) is 0 Å². The zero-order valence-electron chi connectivity index (χ0n) is 11.3. The first-order chi connectivity index (χ1) is 8.95. The average molecular weight is 270 g/mol. The Balaban J connectivity index is 2.77. The van der Waals surface area contributed by atoms with E-state index in [1.54, 1.807) is 0 Å². The van der Waals surface area contributed by atoms with Crippen LogP contribution in [0.4, 0.5) is 14.5 Å². The molecule has 0 aliphatic heterocycles. The molecule has 1 amide bonds. The minimum absolute atomic E-state index is 0.0484. The van der Waals surface area contributed by atoms with Gasteiger partial charge in [-0.25, -0.2) is 8.78 Å². The molecule has 3 N–H and O–H groups in total. The van der Waals surface area contributed by atoms with Gasteiger partial charge in [0.15, 0.2) is 0 Å². The molecule has 0 aliphatic rings. The summed E-state index contributed by atoms with van der Waals surface area (Å²) < 4.78 is 26.9. The van der Waals surface area contributed by atoms with Crippen LogP contribution in [0, 0.1) is 11.6 Å². The predicted octanol–water partition coefficient (Wildman–Crippen LogP) is 3.44. The number of halogens is 2. The lowest BCUT2D eigenvalue weighted by molar-refractivity contribution is 0.0996. The summed E-state index contributed by atoms with van der Waals surface area (Å²) in [6.07, 6.45) is 4.15. The van der Waals surface area contributed by atoms with E-state index in [0.29, 0.717) is 6.07 Å². The van der Waals surface area contributed by atoms with E-state index in [0.717, 1.165) is 31.7 Å². The number of hydrogen-bond donors (Lipinski definition) is 2. The Morgan fingerprint density at radius 3 is 2.58 bits per heavy atom. The Kier molecular flexibility index (Phi) is 5.73. The minimum atomic E-state index is -0.936. The number of benzene rings is 1. The van der Waals surface area contributed by atoms with Crippen molar-refractivity contribution in [2.75, 3.05) is 5.32 Å². The molecular weight excluding hydrogens is 250 g/mol. The maximum absolute atomic E-state index is 13.6. The van der Waals surface area contributed by atoms with Crippen LogP contribution in [0.5, 0.6) is 0 Å². The van der Waals surface area contributed by atoms with Crippen molar-refractivity contribution in [2.45, 2.75) is 45.6 Å². The standard InChI is InChI=1S/C14H20F2N2O/c1-3-4-5-6-9(2)18-13-7-10(14(17)19)11(15)8-12(13)16/h7-9,18H,3-6H2,1-2H3,(H2,17,19). The third-order valence-corrected chi connectivity index (χ3v) is 2.96. The minimum Gasteiger partial charge on any atom is -0.380 e. The second kappa shape index (κ2) is 7.07. The van der Waals surface area contributed by atoms with E-state index in [9.17, 15) is 13.6 Å². The van der Waals surface area contributed by atoms with Crippen LogP contribution >= 0.6 is 0 Å². The zero-order valence-corrected chi connectivity index (χ0v) is 11.3. The summed E-state index contributed by atoms with van der Waals surface area (Å²) in [6, 6.07) is 1.86. The van der Waals surface area contributed by atoms with E-state index in [4.69, 9.17) is 5.73 Å². The summed E-state index contributed by atoms with van der Waals surface area (Å²) in [7, 11) is 0. The highest BCUT2D eigenvalue weighted by molar-refractivity contribution is 5.94. The van der Waals surface area contributed by atoms with Crippen molar-refractivity contribution in [3.8, 4) is 0 Å². The van der Waals surface area contributed by atoms with Crippen molar-refractivity contribution in [1.29, 1.82) is 0 Å². The number of primary amides is 1. The summed E-state index contributed by atoms with van der Waals surface area (Å²) in [5.74, 6) is -2.56. The van der Waals surface area contributed by atoms with Gasteiger partial charge in [0.2, 0.25) is 0 Å². The van der Waals surface area contributed by atoms with Gasteiger partial charge in [-0.1, -0.05) is 26.2 Å². The highest BCUT2D eigenvalue weighted by Crippen LogP contribution is 2.21. The Bertz CT molecular complexity index is 449. The fourth-order valence-corrected chi connectivity index (χ4v) is 1.89. The summed E-state index contributed by atoms with van der Waals surface area (Å²) in [5, 5.41) is 2.94. The van der Waals surface area contributed by atoms with Crippen LogP contribution in [-0.2, 0) is 0 Å². The third kappa shape index (κ3) is 4.50. The first kappa shape index (κ1) is 15.4. The van der Waals surface area contributed by atoms with Gasteiger partial charge in [-0.2, -0.15) is 0 Å². The molecule has 0 heterocycles. The van der Waals surface area contributed by atoms with E-state index in [2.05, 4.69) is 12.2 Å². The molecule has 0 radical (unpaired) electrons. The van der Waals surface area contributed by atoms with Crippen LogP contribution in [0.25, 0.3) is 0 Å². The Morgan fingerprint density at radius 2 is 2.00 bits per heavy atom. The molecule has 106 valence electrons. The highest BCUT2D eigenvalue weighted by Gasteiger charge is 2.14. The van der Waals surface area contributed by atoms with Crippen molar-refractivity contribution in [2.24, 2.45) is 5.73 Å². The molecular formula is C14H20F2N2O. The smallest absolute Gasteiger partial charge is 0.251 e. The van der Waals surface area contributed by atoms with Gasteiger partial charge in [-0.05, 0) is 19.4 Å². The third-order valence-electron chi connectivity index (χ3n) is 2.96. The van der Waals surface area contributed by atoms with Crippen LogP contribution in [0.2, 0.25) is 0 Å². The van der Waals surface area contributed by atoms with Crippen LogP contribution in [0.3, 0.4) is 0 Å². The Morgan fingerprint density at radius 1 is 1.32 bits per heavy atom. The lowest BCUT2D eigenvalue weighted by atomic mass is 10.1. The fourth-order valence-electron chi connectivity index (χ4n) is 1.89. The van der Waals surface area contributed by atoms with Gasteiger partial charge in [-0.3, -0.25) is 4.79 Å². The maximum Gasteiger partial charge on any atom is 0.251 e. The van der Waals surface area contributed by atoms with Crippen molar-refractivity contribution < 1.29 is 13.6 Å². The number of unbranched alkanes of at least 4 members (excludes halogenated alkanes) is 2. The average Bonchev–Trinajstić information content (AvgIpc) is 2.32. The van der Waals surface area contributed by atoms with Gasteiger partial charge in [0, 0.05) is 12.1 Å². The van der Waals surface area contributed by atoms with Crippen molar-refractivity contribution in [1.82, 2.24) is 0 Å². The number of nitrogens with one attached hydrogen (secondary N) is 1. The summed E-state index contributed by atoms with van der Waals surface area (Å²) in [6.45, 7) is 4.03. The van der Waals surface area contributed by atoms with Gasteiger partial charge in [0.25, 0.3) is 5.91 Å². The molecule has 1 aromatic carbocycles. The summed E-state index contributed by atoms with van der Waals surface area (Å²) in [5.41, 5.74) is 4.84. The lowest BCUT2D eigenvalue weighted by Gasteiger charge is -2.16. The zero-order chi connectivity index (χ0) is 14.4. The van der Waals surface area contributed by atoms with Crippen molar-refractivity contribution in [3.05, 3.63) is 29.3 Å². The molecule has 5 heteroatoms. The fraction of sp³-hybridized carbons (Fsp3) is 0.500. The monoisotopic (exact) mass is 270 g/mol. The number of rotatable bonds is 7. The molecule has 3 nitrogen and oxygen atoms in total. The van der Waals surface area contributed by atoms with Gasteiger partial charge in [0.1, 0.15) is 11.6 Å². The number of amides is 1. The van der Waals surface area contributed by atoms with Gasteiger partial charge >= 0.3 is 0 Å².